The second-order valence-electron chi connectivity index (χ2n) is 7.47. The van der Waals surface area contributed by atoms with Crippen molar-refractivity contribution >= 4 is 17.6 Å². The van der Waals surface area contributed by atoms with E-state index in [-0.39, 0.29) is 18.8 Å². The topological polar surface area (TPSA) is 90.9 Å². The number of benzene rings is 2. The van der Waals surface area contributed by atoms with Crippen molar-refractivity contribution in [2.24, 2.45) is 0 Å². The summed E-state index contributed by atoms with van der Waals surface area (Å²) in [5.74, 6) is 0.172. The molecule has 3 amide bonds. The molecule has 0 aliphatic carbocycles. The minimum Gasteiger partial charge on any atom is -0.497 e. The van der Waals surface area contributed by atoms with Crippen molar-refractivity contribution in [1.29, 1.82) is 0 Å². The number of carbonyl (C=O) groups excluding carboxylic acids is 2. The second kappa shape index (κ2) is 9.90. The molecule has 1 aliphatic rings. The van der Waals surface area contributed by atoms with Crippen LogP contribution in [0.15, 0.2) is 48.5 Å². The van der Waals surface area contributed by atoms with Crippen LogP contribution < -0.4 is 15.4 Å². The Bertz CT molecular complexity index is 950. The Labute approximate surface area is 183 Å². The molecule has 10 heteroatoms. The van der Waals surface area contributed by atoms with Crippen molar-refractivity contribution in [3.05, 3.63) is 59.7 Å². The molecule has 0 aromatic heterocycles. The van der Waals surface area contributed by atoms with Crippen LogP contribution in [0.3, 0.4) is 0 Å². The minimum absolute atomic E-state index is 0.00779. The lowest BCUT2D eigenvalue weighted by Gasteiger charge is -2.27. The van der Waals surface area contributed by atoms with Crippen molar-refractivity contribution in [2.45, 2.75) is 31.2 Å². The van der Waals surface area contributed by atoms with Gasteiger partial charge in [0.1, 0.15) is 5.75 Å². The quantitative estimate of drug-likeness (QED) is 0.664. The maximum Gasteiger partial charge on any atom is 0.416 e. The summed E-state index contributed by atoms with van der Waals surface area (Å²) in [4.78, 5) is 26.6. The van der Waals surface area contributed by atoms with Gasteiger partial charge in [-0.3, -0.25) is 4.79 Å². The van der Waals surface area contributed by atoms with Crippen molar-refractivity contribution in [2.75, 3.05) is 25.5 Å². The Hall–Kier alpha value is -3.27. The highest BCUT2D eigenvalue weighted by Crippen LogP contribution is 2.30. The van der Waals surface area contributed by atoms with Gasteiger partial charge in [-0.25, -0.2) is 4.79 Å². The first kappa shape index (κ1) is 23.4. The number of hydrogen-bond donors (Lipinski definition) is 3. The molecule has 32 heavy (non-hydrogen) atoms. The number of urea groups is 1. The van der Waals surface area contributed by atoms with Gasteiger partial charge in [0.25, 0.3) is 5.91 Å². The van der Waals surface area contributed by atoms with E-state index in [0.29, 0.717) is 24.2 Å². The van der Waals surface area contributed by atoms with Crippen molar-refractivity contribution < 1.29 is 32.6 Å². The number of nitrogens with one attached hydrogen (secondary N) is 2. The maximum absolute atomic E-state index is 12.9. The number of aliphatic hydroxyl groups excluding tert-OH is 1. The lowest BCUT2D eigenvalue weighted by Crippen LogP contribution is -2.50. The van der Waals surface area contributed by atoms with Crippen LogP contribution in [-0.2, 0) is 6.18 Å². The number of carbonyl (C=O) groups is 2. The average Bonchev–Trinajstić information content (AvgIpc) is 2.95. The second-order valence-corrected chi connectivity index (χ2v) is 7.47. The molecule has 1 aliphatic heterocycles. The number of hydrogen-bond acceptors (Lipinski definition) is 4. The van der Waals surface area contributed by atoms with Crippen LogP contribution in [0.2, 0.25) is 0 Å². The predicted molar refractivity (Wildman–Crippen MR) is 112 cm³/mol. The van der Waals surface area contributed by atoms with Crippen LogP contribution in [0.5, 0.6) is 5.75 Å². The molecule has 0 bridgehead atoms. The van der Waals surface area contributed by atoms with E-state index in [4.69, 9.17) is 4.74 Å². The number of ether oxygens (including phenoxy) is 1. The normalized spacial score (nSPS) is 19.1. The van der Waals surface area contributed by atoms with Crippen LogP contribution in [0.1, 0.15) is 28.8 Å². The molecule has 2 atom stereocenters. The van der Waals surface area contributed by atoms with Crippen LogP contribution in [-0.4, -0.2) is 54.3 Å². The molecule has 1 fully saturated rings. The van der Waals surface area contributed by atoms with Gasteiger partial charge in [-0.15, -0.1) is 0 Å². The van der Waals surface area contributed by atoms with E-state index in [0.717, 1.165) is 12.1 Å². The minimum atomic E-state index is -4.52. The number of methoxy groups -OCH3 is 1. The van der Waals surface area contributed by atoms with Gasteiger partial charge in [0, 0.05) is 24.3 Å². The van der Waals surface area contributed by atoms with Gasteiger partial charge in [0.15, 0.2) is 0 Å². The number of halogens is 3. The fourth-order valence-electron chi connectivity index (χ4n) is 3.44. The first-order chi connectivity index (χ1) is 15.2. The number of anilines is 1. The molecule has 0 saturated carbocycles. The number of likely N-dealkylation sites (tertiary alicyclic amines) is 1. The van der Waals surface area contributed by atoms with Crippen molar-refractivity contribution in [3.8, 4) is 5.75 Å². The Morgan fingerprint density at radius 3 is 2.53 bits per heavy atom. The Balaban J connectivity index is 1.67. The molecule has 0 spiro atoms. The molecule has 3 N–H and O–H groups in total. The Morgan fingerprint density at radius 1 is 1.16 bits per heavy atom. The van der Waals surface area contributed by atoms with E-state index in [1.54, 1.807) is 24.3 Å². The monoisotopic (exact) mass is 451 g/mol. The SMILES string of the molecule is COc1ccc(C(=O)N[C@@H]2CN(C(=O)Nc3cccc(C(F)(F)F)c3)CCC[C@H]2O)cc1. The summed E-state index contributed by atoms with van der Waals surface area (Å²) in [6.45, 7) is 0.296. The fourth-order valence-corrected chi connectivity index (χ4v) is 3.44. The molecule has 3 rings (SSSR count). The smallest absolute Gasteiger partial charge is 0.416 e. The first-order valence-corrected chi connectivity index (χ1v) is 10.0. The zero-order valence-corrected chi connectivity index (χ0v) is 17.4. The molecule has 2 aromatic rings. The average molecular weight is 451 g/mol. The van der Waals surface area contributed by atoms with Gasteiger partial charge in [0.2, 0.25) is 0 Å². The van der Waals surface area contributed by atoms with E-state index in [1.165, 1.54) is 24.1 Å². The number of aliphatic hydroxyl groups is 1. The molecule has 172 valence electrons. The maximum atomic E-state index is 12.9. The molecular formula is C22H24F3N3O4. The van der Waals surface area contributed by atoms with Crippen LogP contribution in [0.4, 0.5) is 23.7 Å². The van der Waals surface area contributed by atoms with E-state index in [1.807, 2.05) is 0 Å². The summed E-state index contributed by atoms with van der Waals surface area (Å²) < 4.78 is 43.8. The summed E-state index contributed by atoms with van der Waals surface area (Å²) in [5, 5.41) is 15.6. The van der Waals surface area contributed by atoms with Gasteiger partial charge in [0.05, 0.1) is 24.8 Å². The van der Waals surface area contributed by atoms with E-state index in [2.05, 4.69) is 10.6 Å². The highest BCUT2D eigenvalue weighted by molar-refractivity contribution is 5.94. The standard InChI is InChI=1S/C22H24F3N3O4/c1-32-17-9-7-14(8-10-17)20(30)27-18-13-28(11-3-6-19(18)29)21(31)26-16-5-2-4-15(12-16)22(23,24)25/h2,4-5,7-10,12,18-19,29H,3,6,11,13H2,1H3,(H,26,31)(H,27,30)/t18-,19-/m1/s1. The highest BCUT2D eigenvalue weighted by atomic mass is 19.4. The number of amides is 3. The van der Waals surface area contributed by atoms with Crippen LogP contribution in [0, 0.1) is 0 Å². The van der Waals surface area contributed by atoms with Crippen molar-refractivity contribution in [1.82, 2.24) is 10.2 Å². The largest absolute Gasteiger partial charge is 0.497 e. The third-order valence-electron chi connectivity index (χ3n) is 5.21. The number of rotatable bonds is 4. The molecular weight excluding hydrogens is 427 g/mol. The molecule has 2 aromatic carbocycles. The molecule has 1 saturated heterocycles. The van der Waals surface area contributed by atoms with Crippen molar-refractivity contribution in [3.63, 3.8) is 0 Å². The van der Waals surface area contributed by atoms with Gasteiger partial charge >= 0.3 is 12.2 Å². The van der Waals surface area contributed by atoms with E-state index >= 15 is 0 Å². The molecule has 0 radical (unpaired) electrons. The van der Waals surface area contributed by atoms with Crippen LogP contribution >= 0.6 is 0 Å². The van der Waals surface area contributed by atoms with Gasteiger partial charge in [-0.2, -0.15) is 13.2 Å². The zero-order valence-electron chi connectivity index (χ0n) is 17.4. The van der Waals surface area contributed by atoms with Gasteiger partial charge in [-0.05, 0) is 55.3 Å². The lowest BCUT2D eigenvalue weighted by molar-refractivity contribution is -0.137. The van der Waals surface area contributed by atoms with E-state index < -0.39 is 35.8 Å². The summed E-state index contributed by atoms with van der Waals surface area (Å²) in [7, 11) is 1.51. The third kappa shape index (κ3) is 5.91. The molecule has 0 unspecified atom stereocenters. The van der Waals surface area contributed by atoms with Crippen LogP contribution in [0.25, 0.3) is 0 Å². The number of nitrogens with zero attached hydrogens (tertiary/aromatic N) is 1. The predicted octanol–water partition coefficient (Wildman–Crippen LogP) is 3.50. The Kier molecular flexibility index (Phi) is 7.24. The highest BCUT2D eigenvalue weighted by Gasteiger charge is 2.32. The Morgan fingerprint density at radius 2 is 1.88 bits per heavy atom. The lowest BCUT2D eigenvalue weighted by atomic mass is 10.1. The number of alkyl halides is 3. The van der Waals surface area contributed by atoms with Gasteiger partial charge < -0.3 is 25.4 Å². The van der Waals surface area contributed by atoms with Gasteiger partial charge in [-0.1, -0.05) is 6.07 Å². The van der Waals surface area contributed by atoms with E-state index in [9.17, 15) is 27.9 Å². The summed E-state index contributed by atoms with van der Waals surface area (Å²) in [6, 6.07) is 9.42. The zero-order chi connectivity index (χ0) is 23.3. The summed E-state index contributed by atoms with van der Waals surface area (Å²) in [5.41, 5.74) is -0.498. The molecule has 1 heterocycles. The third-order valence-corrected chi connectivity index (χ3v) is 5.21. The summed E-state index contributed by atoms with van der Waals surface area (Å²) in [6.07, 6.45) is -4.55. The first-order valence-electron chi connectivity index (χ1n) is 10.0. The summed E-state index contributed by atoms with van der Waals surface area (Å²) >= 11 is 0. The fraction of sp³-hybridized carbons (Fsp3) is 0.364. The molecule has 7 nitrogen and oxygen atoms in total.